The quantitative estimate of drug-likeness (QED) is 0.306. The summed E-state index contributed by atoms with van der Waals surface area (Å²) in [5.41, 5.74) is 2.61. The SMILES string of the molecule is CCCCN1C(=O)C(=O)/C(=C(\O)c2cccc(OCCC)c2)C1c1ccc(C(C)C)cc1. The van der Waals surface area contributed by atoms with Crippen molar-refractivity contribution in [1.29, 1.82) is 0 Å². The van der Waals surface area contributed by atoms with E-state index in [-0.39, 0.29) is 11.3 Å². The molecule has 0 aliphatic carbocycles. The van der Waals surface area contributed by atoms with Crippen LogP contribution in [0, 0.1) is 0 Å². The average Bonchev–Trinajstić information content (AvgIpc) is 3.05. The van der Waals surface area contributed by atoms with E-state index in [1.165, 1.54) is 5.56 Å². The number of aliphatic hydroxyl groups excluding tert-OH is 1. The lowest BCUT2D eigenvalue weighted by molar-refractivity contribution is -0.139. The van der Waals surface area contributed by atoms with Crippen LogP contribution in [0.3, 0.4) is 0 Å². The van der Waals surface area contributed by atoms with Gasteiger partial charge in [0.05, 0.1) is 18.2 Å². The summed E-state index contributed by atoms with van der Waals surface area (Å²) >= 11 is 0. The van der Waals surface area contributed by atoms with Gasteiger partial charge in [-0.15, -0.1) is 0 Å². The molecule has 1 fully saturated rings. The lowest BCUT2D eigenvalue weighted by atomic mass is 9.93. The maximum atomic E-state index is 13.1. The number of rotatable bonds is 9. The highest BCUT2D eigenvalue weighted by Gasteiger charge is 2.45. The number of nitrogens with zero attached hydrogens (tertiary/aromatic N) is 1. The summed E-state index contributed by atoms with van der Waals surface area (Å²) in [6, 6.07) is 14.4. The molecule has 32 heavy (non-hydrogen) atoms. The first-order valence-electron chi connectivity index (χ1n) is 11.5. The van der Waals surface area contributed by atoms with Crippen molar-refractivity contribution in [3.63, 3.8) is 0 Å². The van der Waals surface area contributed by atoms with Crippen molar-refractivity contribution in [2.45, 2.75) is 58.9 Å². The summed E-state index contributed by atoms with van der Waals surface area (Å²) in [4.78, 5) is 27.6. The lowest BCUT2D eigenvalue weighted by Crippen LogP contribution is -2.30. The van der Waals surface area contributed by atoms with Crippen molar-refractivity contribution in [3.8, 4) is 5.75 Å². The Balaban J connectivity index is 2.09. The van der Waals surface area contributed by atoms with E-state index >= 15 is 0 Å². The Hall–Kier alpha value is -3.08. The first-order chi connectivity index (χ1) is 15.4. The fraction of sp³-hybridized carbons (Fsp3) is 0.407. The zero-order chi connectivity index (χ0) is 23.3. The molecule has 1 aliphatic heterocycles. The minimum Gasteiger partial charge on any atom is -0.507 e. The van der Waals surface area contributed by atoms with Gasteiger partial charge in [0.25, 0.3) is 11.7 Å². The second-order valence-corrected chi connectivity index (χ2v) is 8.54. The number of Topliss-reactive ketones (excluding diaryl/α,β-unsaturated/α-hetero) is 1. The molecule has 5 nitrogen and oxygen atoms in total. The summed E-state index contributed by atoms with van der Waals surface area (Å²) < 4.78 is 5.68. The molecule has 3 rings (SSSR count). The standard InChI is InChI=1S/C27H33NO4/c1-5-7-15-28-24(20-13-11-19(12-14-20)18(3)4)23(26(30)27(28)31)25(29)21-9-8-10-22(17-21)32-16-6-2/h8-14,17-18,24,29H,5-7,15-16H2,1-4H3/b25-23-. The van der Waals surface area contributed by atoms with Gasteiger partial charge in [0.2, 0.25) is 0 Å². The van der Waals surface area contributed by atoms with Gasteiger partial charge in [0.15, 0.2) is 0 Å². The van der Waals surface area contributed by atoms with Gasteiger partial charge in [-0.3, -0.25) is 9.59 Å². The maximum absolute atomic E-state index is 13.1. The van der Waals surface area contributed by atoms with Crippen molar-refractivity contribution in [3.05, 3.63) is 70.8 Å². The van der Waals surface area contributed by atoms with Crippen molar-refractivity contribution in [2.24, 2.45) is 0 Å². The fourth-order valence-corrected chi connectivity index (χ4v) is 3.96. The summed E-state index contributed by atoms with van der Waals surface area (Å²) in [6.45, 7) is 9.34. The molecule has 1 aliphatic rings. The zero-order valence-electron chi connectivity index (χ0n) is 19.4. The highest BCUT2D eigenvalue weighted by Crippen LogP contribution is 2.40. The third-order valence-corrected chi connectivity index (χ3v) is 5.79. The number of ether oxygens (including phenoxy) is 1. The number of carbonyl (C=O) groups is 2. The molecular formula is C27H33NO4. The molecule has 170 valence electrons. The van der Waals surface area contributed by atoms with Gasteiger partial charge >= 0.3 is 0 Å². The molecule has 1 saturated heterocycles. The molecule has 2 aromatic rings. The number of ketones is 1. The van der Waals surface area contributed by atoms with E-state index in [0.29, 0.717) is 30.4 Å². The van der Waals surface area contributed by atoms with Crippen molar-refractivity contribution >= 4 is 17.4 Å². The van der Waals surface area contributed by atoms with E-state index in [2.05, 4.69) is 13.8 Å². The molecule has 1 heterocycles. The van der Waals surface area contributed by atoms with E-state index in [1.54, 1.807) is 23.1 Å². The summed E-state index contributed by atoms with van der Waals surface area (Å²) in [5, 5.41) is 11.2. The van der Waals surface area contributed by atoms with Crippen LogP contribution in [0.15, 0.2) is 54.1 Å². The van der Waals surface area contributed by atoms with E-state index in [0.717, 1.165) is 24.8 Å². The minimum atomic E-state index is -0.642. The van der Waals surface area contributed by atoms with Crippen LogP contribution in [0.25, 0.3) is 5.76 Å². The van der Waals surface area contributed by atoms with Gasteiger partial charge in [0.1, 0.15) is 11.5 Å². The number of hydrogen-bond donors (Lipinski definition) is 1. The summed E-state index contributed by atoms with van der Waals surface area (Å²) in [7, 11) is 0. The summed E-state index contributed by atoms with van der Waals surface area (Å²) in [5.74, 6) is -0.370. The molecule has 0 aromatic heterocycles. The number of unbranched alkanes of at least 4 members (excludes halogenated alkanes) is 1. The van der Waals surface area contributed by atoms with E-state index in [1.807, 2.05) is 44.2 Å². The number of amides is 1. The molecule has 1 amide bonds. The predicted molar refractivity (Wildman–Crippen MR) is 127 cm³/mol. The third-order valence-electron chi connectivity index (χ3n) is 5.79. The van der Waals surface area contributed by atoms with Gasteiger partial charge in [-0.2, -0.15) is 0 Å². The average molecular weight is 436 g/mol. The first kappa shape index (κ1) is 23.6. The highest BCUT2D eigenvalue weighted by molar-refractivity contribution is 6.46. The maximum Gasteiger partial charge on any atom is 0.295 e. The van der Waals surface area contributed by atoms with Crippen LogP contribution in [-0.4, -0.2) is 34.8 Å². The van der Waals surface area contributed by atoms with Crippen molar-refractivity contribution in [1.82, 2.24) is 4.90 Å². The van der Waals surface area contributed by atoms with Crippen molar-refractivity contribution < 1.29 is 19.4 Å². The summed E-state index contributed by atoms with van der Waals surface area (Å²) in [6.07, 6.45) is 2.55. The van der Waals surface area contributed by atoms with Crippen LogP contribution < -0.4 is 4.74 Å². The van der Waals surface area contributed by atoms with Gasteiger partial charge in [-0.05, 0) is 42.0 Å². The van der Waals surface area contributed by atoms with Crippen LogP contribution in [-0.2, 0) is 9.59 Å². The largest absolute Gasteiger partial charge is 0.507 e. The van der Waals surface area contributed by atoms with Gasteiger partial charge < -0.3 is 14.7 Å². The van der Waals surface area contributed by atoms with E-state index in [9.17, 15) is 14.7 Å². The second kappa shape index (κ2) is 10.5. The zero-order valence-corrected chi connectivity index (χ0v) is 19.4. The molecule has 0 spiro atoms. The van der Waals surface area contributed by atoms with Crippen molar-refractivity contribution in [2.75, 3.05) is 13.2 Å². The molecule has 1 N–H and O–H groups in total. The number of hydrogen-bond acceptors (Lipinski definition) is 4. The molecule has 1 unspecified atom stereocenters. The molecule has 5 heteroatoms. The first-order valence-corrected chi connectivity index (χ1v) is 11.5. The minimum absolute atomic E-state index is 0.135. The smallest absolute Gasteiger partial charge is 0.295 e. The molecule has 0 saturated carbocycles. The van der Waals surface area contributed by atoms with Crippen LogP contribution in [0.4, 0.5) is 0 Å². The molecule has 0 bridgehead atoms. The fourth-order valence-electron chi connectivity index (χ4n) is 3.96. The third kappa shape index (κ3) is 4.87. The van der Waals surface area contributed by atoms with Gasteiger partial charge in [-0.1, -0.05) is 70.5 Å². The van der Waals surface area contributed by atoms with Crippen LogP contribution in [0.1, 0.15) is 75.6 Å². The Morgan fingerprint density at radius 3 is 2.41 bits per heavy atom. The van der Waals surface area contributed by atoms with Gasteiger partial charge in [-0.25, -0.2) is 0 Å². The second-order valence-electron chi connectivity index (χ2n) is 8.54. The number of carbonyl (C=O) groups excluding carboxylic acids is 2. The topological polar surface area (TPSA) is 66.8 Å². The Kier molecular flexibility index (Phi) is 7.73. The van der Waals surface area contributed by atoms with Crippen LogP contribution in [0.5, 0.6) is 5.75 Å². The Bertz CT molecular complexity index is 991. The Morgan fingerprint density at radius 1 is 1.06 bits per heavy atom. The van der Waals surface area contributed by atoms with Crippen LogP contribution in [0.2, 0.25) is 0 Å². The predicted octanol–water partition coefficient (Wildman–Crippen LogP) is 5.82. The van der Waals surface area contributed by atoms with Crippen LogP contribution >= 0.6 is 0 Å². The number of benzene rings is 2. The normalized spacial score (nSPS) is 17.9. The Morgan fingerprint density at radius 2 is 1.78 bits per heavy atom. The number of likely N-dealkylation sites (tertiary alicyclic amines) is 1. The Labute approximate surface area is 190 Å². The molecule has 1 atom stereocenters. The van der Waals surface area contributed by atoms with E-state index in [4.69, 9.17) is 4.74 Å². The molecule has 0 radical (unpaired) electrons. The molecule has 2 aromatic carbocycles. The van der Waals surface area contributed by atoms with Gasteiger partial charge in [0, 0.05) is 12.1 Å². The monoisotopic (exact) mass is 435 g/mol. The highest BCUT2D eigenvalue weighted by atomic mass is 16.5. The molecular weight excluding hydrogens is 402 g/mol. The number of aliphatic hydroxyl groups is 1. The van der Waals surface area contributed by atoms with E-state index < -0.39 is 17.7 Å². The lowest BCUT2D eigenvalue weighted by Gasteiger charge is -2.25.